The van der Waals surface area contributed by atoms with E-state index in [9.17, 15) is 0 Å². The van der Waals surface area contributed by atoms with E-state index in [0.29, 0.717) is 5.95 Å². The smallest absolute Gasteiger partial charge is 0.225 e. The zero-order valence-electron chi connectivity index (χ0n) is 17.4. The Morgan fingerprint density at radius 2 is 1.72 bits per heavy atom. The van der Waals surface area contributed by atoms with Gasteiger partial charge in [-0.2, -0.15) is 4.98 Å². The molecule has 154 valence electrons. The molecule has 0 bridgehead atoms. The number of rotatable bonds is 8. The Kier molecular flexibility index (Phi) is 6.27. The minimum absolute atomic E-state index is 0.681. The molecule has 1 aliphatic rings. The largest absolute Gasteiger partial charge is 0.368 e. The third-order valence-electron chi connectivity index (χ3n) is 5.64. The molecule has 0 radical (unpaired) electrons. The number of para-hydroxylation sites is 1. The molecule has 0 spiro atoms. The third-order valence-corrected chi connectivity index (χ3v) is 5.64. The number of aryl methyl sites for hydroxylation is 1. The first kappa shape index (κ1) is 19.7. The number of likely N-dealkylation sites (N-methyl/N-ethyl adjacent to an activating group) is 1. The summed E-state index contributed by atoms with van der Waals surface area (Å²) >= 11 is 0. The lowest BCUT2D eigenvalue weighted by Gasteiger charge is -2.32. The number of aromatic nitrogens is 3. The summed E-state index contributed by atoms with van der Waals surface area (Å²) in [5.74, 6) is 1.59. The van der Waals surface area contributed by atoms with E-state index in [0.717, 1.165) is 69.0 Å². The maximum absolute atomic E-state index is 4.77. The fourth-order valence-corrected chi connectivity index (χ4v) is 3.75. The lowest BCUT2D eigenvalue weighted by molar-refractivity contribution is 0.158. The summed E-state index contributed by atoms with van der Waals surface area (Å²) in [5.41, 5.74) is 2.26. The van der Waals surface area contributed by atoms with Crippen LogP contribution in [-0.4, -0.2) is 77.2 Å². The van der Waals surface area contributed by atoms with Crippen LogP contribution in [0.4, 0.5) is 11.8 Å². The van der Waals surface area contributed by atoms with Gasteiger partial charge in [0, 0.05) is 76.6 Å². The Morgan fingerprint density at radius 1 is 0.897 bits per heavy atom. The molecule has 1 aliphatic heterocycles. The summed E-state index contributed by atoms with van der Waals surface area (Å²) in [6, 6.07) is 12.4. The van der Waals surface area contributed by atoms with Crippen LogP contribution in [0.1, 0.15) is 5.69 Å². The van der Waals surface area contributed by atoms with Crippen molar-refractivity contribution >= 4 is 22.7 Å². The summed E-state index contributed by atoms with van der Waals surface area (Å²) in [4.78, 5) is 14.4. The highest BCUT2D eigenvalue weighted by atomic mass is 15.3. The van der Waals surface area contributed by atoms with Crippen LogP contribution in [0.2, 0.25) is 0 Å². The molecule has 2 N–H and O–H groups in total. The van der Waals surface area contributed by atoms with Crippen LogP contribution in [0.3, 0.4) is 0 Å². The van der Waals surface area contributed by atoms with E-state index in [1.807, 2.05) is 18.2 Å². The topological polar surface area (TPSA) is 61.2 Å². The molecule has 1 aromatic carbocycles. The van der Waals surface area contributed by atoms with Gasteiger partial charge in [0.25, 0.3) is 0 Å². The van der Waals surface area contributed by atoms with Crippen LogP contribution in [0.15, 0.2) is 42.6 Å². The summed E-state index contributed by atoms with van der Waals surface area (Å²) in [6.45, 7) is 7.27. The maximum atomic E-state index is 4.77. The summed E-state index contributed by atoms with van der Waals surface area (Å²) < 4.78 is 2.15. The highest BCUT2D eigenvalue weighted by molar-refractivity contribution is 5.90. The molecule has 4 rings (SSSR count). The van der Waals surface area contributed by atoms with Crippen molar-refractivity contribution in [3.05, 3.63) is 48.3 Å². The molecule has 0 unspecified atom stereocenters. The first-order valence-electron chi connectivity index (χ1n) is 10.4. The van der Waals surface area contributed by atoms with Crippen molar-refractivity contribution < 1.29 is 0 Å². The second-order valence-electron chi connectivity index (χ2n) is 7.77. The zero-order valence-corrected chi connectivity index (χ0v) is 17.4. The number of hydrogen-bond acceptors (Lipinski definition) is 6. The van der Waals surface area contributed by atoms with E-state index in [4.69, 9.17) is 9.97 Å². The van der Waals surface area contributed by atoms with E-state index < -0.39 is 0 Å². The summed E-state index contributed by atoms with van der Waals surface area (Å²) in [7, 11) is 4.26. The van der Waals surface area contributed by atoms with Crippen LogP contribution in [0.5, 0.6) is 0 Å². The van der Waals surface area contributed by atoms with E-state index in [1.54, 1.807) is 0 Å². The molecule has 7 nitrogen and oxygen atoms in total. The highest BCUT2D eigenvalue weighted by Crippen LogP contribution is 2.21. The van der Waals surface area contributed by atoms with Crippen LogP contribution in [-0.2, 0) is 13.5 Å². The normalized spacial score (nSPS) is 15.7. The standard InChI is InChI=1S/C22H31N7/c1-27-14-16-29(17-15-27)13-11-23-21-19-7-3-4-8-20(19)25-22(26-21)24-10-9-18-6-5-12-28(18)2/h3-8,12H,9-11,13-17H2,1-2H3,(H2,23,24,25,26). The van der Waals surface area contributed by atoms with E-state index in [1.165, 1.54) is 5.69 Å². The average Bonchev–Trinajstić information content (AvgIpc) is 3.14. The van der Waals surface area contributed by atoms with Gasteiger partial charge in [0.15, 0.2) is 0 Å². The Hall–Kier alpha value is -2.64. The number of nitrogens with zero attached hydrogens (tertiary/aromatic N) is 5. The van der Waals surface area contributed by atoms with Gasteiger partial charge in [0.1, 0.15) is 5.82 Å². The SMILES string of the molecule is CN1CCN(CCNc2nc(NCCc3cccn3C)nc3ccccc23)CC1. The molecule has 3 aromatic rings. The molecule has 0 amide bonds. The van der Waals surface area contributed by atoms with Gasteiger partial charge in [-0.1, -0.05) is 12.1 Å². The number of fused-ring (bicyclic) bond motifs is 1. The maximum Gasteiger partial charge on any atom is 0.225 e. The van der Waals surface area contributed by atoms with Gasteiger partial charge in [-0.05, 0) is 31.3 Å². The van der Waals surface area contributed by atoms with Gasteiger partial charge in [-0.3, -0.25) is 4.90 Å². The number of piperazine rings is 1. The summed E-state index contributed by atoms with van der Waals surface area (Å²) in [6.07, 6.45) is 3.01. The predicted octanol–water partition coefficient (Wildman–Crippen LogP) is 2.28. The van der Waals surface area contributed by atoms with E-state index in [2.05, 4.69) is 63.5 Å². The van der Waals surface area contributed by atoms with Crippen LogP contribution in [0.25, 0.3) is 10.9 Å². The third kappa shape index (κ3) is 5.05. The molecule has 29 heavy (non-hydrogen) atoms. The van der Waals surface area contributed by atoms with Crippen molar-refractivity contribution in [3.63, 3.8) is 0 Å². The Bertz CT molecular complexity index is 928. The Labute approximate surface area is 172 Å². The van der Waals surface area contributed by atoms with E-state index in [-0.39, 0.29) is 0 Å². The van der Waals surface area contributed by atoms with Crippen molar-refractivity contribution in [3.8, 4) is 0 Å². The molecule has 1 saturated heterocycles. The quantitative estimate of drug-likeness (QED) is 0.612. The molecular formula is C22H31N7. The lowest BCUT2D eigenvalue weighted by atomic mass is 10.2. The first-order valence-corrected chi connectivity index (χ1v) is 10.4. The second kappa shape index (κ2) is 9.24. The minimum atomic E-state index is 0.681. The van der Waals surface area contributed by atoms with Crippen molar-refractivity contribution in [2.24, 2.45) is 7.05 Å². The fraction of sp³-hybridized carbons (Fsp3) is 0.455. The average molecular weight is 394 g/mol. The molecule has 7 heteroatoms. The number of anilines is 2. The highest BCUT2D eigenvalue weighted by Gasteiger charge is 2.13. The Balaban J connectivity index is 1.39. The molecule has 0 aliphatic carbocycles. The predicted molar refractivity (Wildman–Crippen MR) is 120 cm³/mol. The van der Waals surface area contributed by atoms with Crippen molar-refractivity contribution in [2.75, 3.05) is 63.5 Å². The van der Waals surface area contributed by atoms with Crippen LogP contribution < -0.4 is 10.6 Å². The monoisotopic (exact) mass is 393 g/mol. The van der Waals surface area contributed by atoms with Gasteiger partial charge in [0.2, 0.25) is 5.95 Å². The first-order chi connectivity index (χ1) is 14.2. The van der Waals surface area contributed by atoms with Gasteiger partial charge in [-0.25, -0.2) is 4.98 Å². The van der Waals surface area contributed by atoms with Crippen molar-refractivity contribution in [1.29, 1.82) is 0 Å². The van der Waals surface area contributed by atoms with Gasteiger partial charge in [0.05, 0.1) is 5.52 Å². The van der Waals surface area contributed by atoms with Gasteiger partial charge >= 0.3 is 0 Å². The lowest BCUT2D eigenvalue weighted by Crippen LogP contribution is -2.45. The molecule has 2 aromatic heterocycles. The van der Waals surface area contributed by atoms with E-state index >= 15 is 0 Å². The zero-order chi connectivity index (χ0) is 20.1. The molecule has 0 saturated carbocycles. The van der Waals surface area contributed by atoms with Crippen molar-refractivity contribution in [1.82, 2.24) is 24.3 Å². The Morgan fingerprint density at radius 3 is 2.52 bits per heavy atom. The number of benzene rings is 1. The van der Waals surface area contributed by atoms with Gasteiger partial charge in [-0.15, -0.1) is 0 Å². The van der Waals surface area contributed by atoms with Crippen LogP contribution >= 0.6 is 0 Å². The molecule has 0 atom stereocenters. The van der Waals surface area contributed by atoms with Gasteiger partial charge < -0.3 is 20.1 Å². The minimum Gasteiger partial charge on any atom is -0.368 e. The molecule has 3 heterocycles. The molecule has 1 fully saturated rings. The number of nitrogens with one attached hydrogen (secondary N) is 2. The van der Waals surface area contributed by atoms with Crippen molar-refractivity contribution in [2.45, 2.75) is 6.42 Å². The second-order valence-corrected chi connectivity index (χ2v) is 7.77. The molecular weight excluding hydrogens is 362 g/mol. The number of hydrogen-bond donors (Lipinski definition) is 2. The summed E-state index contributed by atoms with van der Waals surface area (Å²) in [5, 5.41) is 8.01. The fourth-order valence-electron chi connectivity index (χ4n) is 3.75. The van der Waals surface area contributed by atoms with Crippen LogP contribution in [0, 0.1) is 0 Å².